The zero-order valence-electron chi connectivity index (χ0n) is 6.35. The first kappa shape index (κ1) is 9.19. The molecular formula is C8H12O2. The van der Waals surface area contributed by atoms with Gasteiger partial charge in [-0.25, -0.2) is 0 Å². The highest BCUT2D eigenvalue weighted by Crippen LogP contribution is 1.89. The van der Waals surface area contributed by atoms with Crippen LogP contribution in [0.5, 0.6) is 0 Å². The lowest BCUT2D eigenvalue weighted by molar-refractivity contribution is -0.115. The number of ketones is 1. The molecular weight excluding hydrogens is 128 g/mol. The number of rotatable bonds is 2. The van der Waals surface area contributed by atoms with E-state index < -0.39 is 6.10 Å². The van der Waals surface area contributed by atoms with Crippen LogP contribution in [-0.4, -0.2) is 17.0 Å². The Morgan fingerprint density at radius 1 is 1.70 bits per heavy atom. The average molecular weight is 140 g/mol. The normalized spacial score (nSPS) is 11.5. The molecule has 0 bridgehead atoms. The van der Waals surface area contributed by atoms with E-state index in [4.69, 9.17) is 5.11 Å². The van der Waals surface area contributed by atoms with Gasteiger partial charge in [0, 0.05) is 12.8 Å². The maximum absolute atomic E-state index is 10.7. The van der Waals surface area contributed by atoms with Gasteiger partial charge in [-0.15, -0.1) is 0 Å². The van der Waals surface area contributed by atoms with Gasteiger partial charge in [0.2, 0.25) is 5.78 Å². The minimum Gasteiger partial charge on any atom is -0.393 e. The lowest BCUT2D eigenvalue weighted by Gasteiger charge is -1.95. The third-order valence-corrected chi connectivity index (χ3v) is 0.885. The number of hydrogen-bond donors (Lipinski definition) is 1. The summed E-state index contributed by atoms with van der Waals surface area (Å²) in [6.45, 7) is 3.45. The van der Waals surface area contributed by atoms with Gasteiger partial charge in [-0.05, 0) is 12.8 Å². The summed E-state index contributed by atoms with van der Waals surface area (Å²) in [6, 6.07) is 0. The van der Waals surface area contributed by atoms with Gasteiger partial charge in [0.1, 0.15) is 0 Å². The molecule has 0 unspecified atom stereocenters. The minimum atomic E-state index is -0.571. The Labute approximate surface area is 61.2 Å². The van der Waals surface area contributed by atoms with Crippen LogP contribution < -0.4 is 0 Å². The van der Waals surface area contributed by atoms with Gasteiger partial charge in [0.05, 0.1) is 6.10 Å². The van der Waals surface area contributed by atoms with Gasteiger partial charge in [-0.2, -0.15) is 0 Å². The zero-order valence-corrected chi connectivity index (χ0v) is 6.35. The summed E-state index contributed by atoms with van der Waals surface area (Å²) in [4.78, 5) is 10.7. The van der Waals surface area contributed by atoms with Crippen molar-refractivity contribution in [3.63, 3.8) is 0 Å². The smallest absolute Gasteiger partial charge is 0.208 e. The molecule has 0 radical (unpaired) electrons. The number of carbonyl (C=O) groups excluding carboxylic acids is 1. The zero-order chi connectivity index (χ0) is 7.98. The summed E-state index contributed by atoms with van der Waals surface area (Å²) in [7, 11) is 0. The molecule has 0 aliphatic heterocycles. The first-order valence-corrected chi connectivity index (χ1v) is 3.36. The summed E-state index contributed by atoms with van der Waals surface area (Å²) in [5.74, 6) is 4.87. The van der Waals surface area contributed by atoms with Gasteiger partial charge in [-0.1, -0.05) is 12.8 Å². The molecule has 2 nitrogen and oxygen atoms in total. The van der Waals surface area contributed by atoms with Crippen LogP contribution in [0.2, 0.25) is 0 Å². The fourth-order valence-corrected chi connectivity index (χ4v) is 0.506. The highest BCUT2D eigenvalue weighted by atomic mass is 16.3. The molecule has 2 heteroatoms. The maximum atomic E-state index is 10.7. The van der Waals surface area contributed by atoms with Crippen LogP contribution in [-0.2, 0) is 4.79 Å². The molecule has 0 aliphatic carbocycles. The Hall–Kier alpha value is -0.810. The molecule has 0 aromatic heterocycles. The van der Waals surface area contributed by atoms with E-state index in [-0.39, 0.29) is 12.2 Å². The molecule has 0 fully saturated rings. The van der Waals surface area contributed by atoms with Crippen LogP contribution in [0.4, 0.5) is 0 Å². The van der Waals surface area contributed by atoms with Gasteiger partial charge in [0.15, 0.2) is 0 Å². The summed E-state index contributed by atoms with van der Waals surface area (Å²) >= 11 is 0. The molecule has 0 amide bonds. The van der Waals surface area contributed by atoms with Crippen molar-refractivity contribution < 1.29 is 9.90 Å². The quantitative estimate of drug-likeness (QED) is 0.453. The van der Waals surface area contributed by atoms with Crippen LogP contribution in [0, 0.1) is 11.8 Å². The van der Waals surface area contributed by atoms with E-state index >= 15 is 0 Å². The Kier molecular flexibility index (Phi) is 4.61. The van der Waals surface area contributed by atoms with Crippen LogP contribution in [0.15, 0.2) is 0 Å². The molecule has 0 saturated heterocycles. The Morgan fingerprint density at radius 3 is 2.70 bits per heavy atom. The van der Waals surface area contributed by atoms with E-state index in [2.05, 4.69) is 11.8 Å². The summed E-state index contributed by atoms with van der Waals surface area (Å²) in [5, 5.41) is 8.73. The van der Waals surface area contributed by atoms with E-state index in [1.54, 1.807) is 6.92 Å². The van der Waals surface area contributed by atoms with Crippen molar-refractivity contribution in [2.24, 2.45) is 0 Å². The SMILES string of the molecule is CCC#CC(=O)C[C@@H](C)O. The molecule has 0 aromatic carbocycles. The van der Waals surface area contributed by atoms with E-state index in [0.29, 0.717) is 6.42 Å². The molecule has 0 spiro atoms. The second-order valence-corrected chi connectivity index (χ2v) is 2.13. The second kappa shape index (κ2) is 5.01. The van der Waals surface area contributed by atoms with Crippen LogP contribution >= 0.6 is 0 Å². The summed E-state index contributed by atoms with van der Waals surface area (Å²) in [6.07, 6.45) is 0.261. The second-order valence-electron chi connectivity index (χ2n) is 2.13. The molecule has 0 rings (SSSR count). The Balaban J connectivity index is 3.64. The topological polar surface area (TPSA) is 37.3 Å². The minimum absolute atomic E-state index is 0.146. The van der Waals surface area contributed by atoms with Crippen molar-refractivity contribution in [2.75, 3.05) is 0 Å². The maximum Gasteiger partial charge on any atom is 0.208 e. The van der Waals surface area contributed by atoms with Gasteiger partial charge in [0.25, 0.3) is 0 Å². The van der Waals surface area contributed by atoms with Crippen LogP contribution in [0.1, 0.15) is 26.7 Å². The van der Waals surface area contributed by atoms with Gasteiger partial charge in [-0.3, -0.25) is 4.79 Å². The Morgan fingerprint density at radius 2 is 2.30 bits per heavy atom. The summed E-state index contributed by atoms with van der Waals surface area (Å²) < 4.78 is 0. The number of carbonyl (C=O) groups is 1. The van der Waals surface area contributed by atoms with Crippen LogP contribution in [0.3, 0.4) is 0 Å². The number of aliphatic hydroxyl groups is 1. The molecule has 1 atom stereocenters. The standard InChI is InChI=1S/C8H12O2/c1-3-4-5-8(10)6-7(2)9/h7,9H,3,6H2,1-2H3/t7-/m1/s1. The van der Waals surface area contributed by atoms with Crippen molar-refractivity contribution in [2.45, 2.75) is 32.8 Å². The molecule has 10 heavy (non-hydrogen) atoms. The third-order valence-electron chi connectivity index (χ3n) is 0.885. The van der Waals surface area contributed by atoms with Crippen molar-refractivity contribution in [1.29, 1.82) is 0 Å². The lowest BCUT2D eigenvalue weighted by atomic mass is 10.2. The fourth-order valence-electron chi connectivity index (χ4n) is 0.506. The van der Waals surface area contributed by atoms with Crippen LogP contribution in [0.25, 0.3) is 0 Å². The molecule has 0 aliphatic rings. The van der Waals surface area contributed by atoms with Crippen molar-refractivity contribution in [3.05, 3.63) is 0 Å². The van der Waals surface area contributed by atoms with E-state index in [1.807, 2.05) is 6.92 Å². The third kappa shape index (κ3) is 5.33. The Bertz CT molecular complexity index is 160. The number of aliphatic hydroxyl groups excluding tert-OH is 1. The molecule has 1 N–H and O–H groups in total. The van der Waals surface area contributed by atoms with E-state index in [1.165, 1.54) is 0 Å². The molecule has 0 aromatic rings. The van der Waals surface area contributed by atoms with Crippen molar-refractivity contribution in [1.82, 2.24) is 0 Å². The monoisotopic (exact) mass is 140 g/mol. The lowest BCUT2D eigenvalue weighted by Crippen LogP contribution is -2.06. The average Bonchev–Trinajstić information content (AvgIpc) is 1.82. The highest BCUT2D eigenvalue weighted by molar-refractivity contribution is 5.95. The molecule has 0 heterocycles. The van der Waals surface area contributed by atoms with Crippen molar-refractivity contribution >= 4 is 5.78 Å². The first-order chi connectivity index (χ1) is 4.66. The van der Waals surface area contributed by atoms with Gasteiger partial charge >= 0.3 is 0 Å². The molecule has 56 valence electrons. The number of Topliss-reactive ketones (excluding diaryl/α,β-unsaturated/α-hetero) is 1. The number of hydrogen-bond acceptors (Lipinski definition) is 2. The van der Waals surface area contributed by atoms with E-state index in [9.17, 15) is 4.79 Å². The molecule has 0 saturated carbocycles. The largest absolute Gasteiger partial charge is 0.393 e. The van der Waals surface area contributed by atoms with E-state index in [0.717, 1.165) is 0 Å². The highest BCUT2D eigenvalue weighted by Gasteiger charge is 2.00. The fraction of sp³-hybridized carbons (Fsp3) is 0.625. The predicted molar refractivity (Wildman–Crippen MR) is 39.4 cm³/mol. The van der Waals surface area contributed by atoms with Gasteiger partial charge < -0.3 is 5.11 Å². The summed E-state index contributed by atoms with van der Waals surface area (Å²) in [5.41, 5.74) is 0. The first-order valence-electron chi connectivity index (χ1n) is 3.36. The van der Waals surface area contributed by atoms with Crippen molar-refractivity contribution in [3.8, 4) is 11.8 Å². The predicted octanol–water partition coefficient (Wildman–Crippen LogP) is 0.740.